The van der Waals surface area contributed by atoms with Crippen LogP contribution in [0.4, 0.5) is 17.2 Å². The van der Waals surface area contributed by atoms with Crippen LogP contribution in [0.5, 0.6) is 0 Å². The van der Waals surface area contributed by atoms with Gasteiger partial charge in [0.25, 0.3) is 11.7 Å². The smallest absolute Gasteiger partial charge is 0.272 e. The molecule has 1 amide bonds. The average molecular weight is 373 g/mol. The van der Waals surface area contributed by atoms with Crippen LogP contribution in [0, 0.1) is 24.8 Å². The predicted molar refractivity (Wildman–Crippen MR) is 106 cm³/mol. The summed E-state index contributed by atoms with van der Waals surface area (Å²) in [7, 11) is 0. The SMILES string of the molecule is [C-]#[N+]c1ncc(N2C(=O)C3(CCC3)N(c3ccc(C#N)cc3)C2=S)cc1C. The first-order valence-electron chi connectivity index (χ1n) is 8.55. The number of hydrogen-bond donors (Lipinski definition) is 0. The lowest BCUT2D eigenvalue weighted by atomic mass is 9.75. The Bertz CT molecular complexity index is 1040. The lowest BCUT2D eigenvalue weighted by Crippen LogP contribution is -2.55. The minimum absolute atomic E-state index is 0.0557. The van der Waals surface area contributed by atoms with Gasteiger partial charge in [-0.2, -0.15) is 5.26 Å². The van der Waals surface area contributed by atoms with Crippen molar-refractivity contribution < 1.29 is 4.79 Å². The highest BCUT2D eigenvalue weighted by atomic mass is 32.1. The van der Waals surface area contributed by atoms with Gasteiger partial charge in [-0.15, -0.1) is 4.98 Å². The maximum atomic E-state index is 13.3. The summed E-state index contributed by atoms with van der Waals surface area (Å²) in [5, 5.41) is 9.43. The van der Waals surface area contributed by atoms with Crippen molar-refractivity contribution in [2.45, 2.75) is 31.7 Å². The van der Waals surface area contributed by atoms with E-state index in [9.17, 15) is 4.79 Å². The topological polar surface area (TPSA) is 64.6 Å². The van der Waals surface area contributed by atoms with E-state index < -0.39 is 5.54 Å². The summed E-state index contributed by atoms with van der Waals surface area (Å²) in [4.78, 5) is 24.3. The van der Waals surface area contributed by atoms with Crippen LogP contribution in [0.3, 0.4) is 0 Å². The number of pyridine rings is 1. The molecular formula is C20H15N5OS. The zero-order chi connectivity index (χ0) is 19.2. The maximum Gasteiger partial charge on any atom is 0.272 e. The van der Waals surface area contributed by atoms with Gasteiger partial charge in [0.15, 0.2) is 5.11 Å². The van der Waals surface area contributed by atoms with Crippen molar-refractivity contribution in [1.29, 1.82) is 5.26 Å². The zero-order valence-electron chi connectivity index (χ0n) is 14.6. The standard InChI is InChI=1S/C20H15N5OS/c1-13-10-16(12-23-17(13)22-2)24-18(26)20(8-3-9-20)25(19(24)27)15-6-4-14(11-21)5-7-15/h4-7,10,12H,3,8-9H2,1H3. The number of hydrogen-bond acceptors (Lipinski definition) is 4. The molecule has 2 aliphatic rings. The molecule has 0 unspecified atom stereocenters. The molecule has 1 spiro atoms. The Morgan fingerprint density at radius 3 is 2.52 bits per heavy atom. The molecule has 27 heavy (non-hydrogen) atoms. The molecule has 1 saturated heterocycles. The van der Waals surface area contributed by atoms with E-state index in [2.05, 4.69) is 15.9 Å². The van der Waals surface area contributed by atoms with Crippen molar-refractivity contribution in [1.82, 2.24) is 4.98 Å². The van der Waals surface area contributed by atoms with E-state index in [4.69, 9.17) is 24.1 Å². The van der Waals surface area contributed by atoms with E-state index in [1.807, 2.05) is 17.0 Å². The van der Waals surface area contributed by atoms with E-state index in [0.717, 1.165) is 24.9 Å². The molecule has 7 heteroatoms. The third-order valence-electron chi connectivity index (χ3n) is 5.25. The van der Waals surface area contributed by atoms with Gasteiger partial charge in [0.05, 0.1) is 17.3 Å². The average Bonchev–Trinajstić information content (AvgIpc) is 2.88. The van der Waals surface area contributed by atoms with Gasteiger partial charge in [-0.25, -0.2) is 0 Å². The first-order chi connectivity index (χ1) is 13.0. The lowest BCUT2D eigenvalue weighted by Gasteiger charge is -2.43. The Morgan fingerprint density at radius 1 is 1.30 bits per heavy atom. The number of carbonyl (C=O) groups excluding carboxylic acids is 1. The second-order valence-corrected chi connectivity index (χ2v) is 7.11. The van der Waals surface area contributed by atoms with Crippen LogP contribution in [0.25, 0.3) is 4.85 Å². The van der Waals surface area contributed by atoms with Gasteiger partial charge in [-0.1, -0.05) is 6.57 Å². The van der Waals surface area contributed by atoms with Crippen molar-refractivity contribution in [3.05, 3.63) is 59.1 Å². The second-order valence-electron chi connectivity index (χ2n) is 6.75. The molecule has 0 radical (unpaired) electrons. The van der Waals surface area contributed by atoms with Gasteiger partial charge in [0.2, 0.25) is 0 Å². The van der Waals surface area contributed by atoms with Gasteiger partial charge in [-0.05, 0) is 74.3 Å². The van der Waals surface area contributed by atoms with Crippen molar-refractivity contribution >= 4 is 40.4 Å². The van der Waals surface area contributed by atoms with Gasteiger partial charge in [0, 0.05) is 5.69 Å². The molecule has 1 aliphatic heterocycles. The summed E-state index contributed by atoms with van der Waals surface area (Å²) in [5.74, 6) is 0.262. The molecule has 2 fully saturated rings. The van der Waals surface area contributed by atoms with E-state index in [0.29, 0.717) is 27.7 Å². The normalized spacial score (nSPS) is 17.6. The minimum atomic E-state index is -0.669. The molecular weight excluding hydrogens is 358 g/mol. The predicted octanol–water partition coefficient (Wildman–Crippen LogP) is 3.87. The van der Waals surface area contributed by atoms with E-state index in [1.165, 1.54) is 11.1 Å². The number of thiocarbonyl (C=S) groups is 1. The molecule has 1 saturated carbocycles. The first-order valence-corrected chi connectivity index (χ1v) is 8.96. The van der Waals surface area contributed by atoms with Gasteiger partial charge in [0.1, 0.15) is 11.7 Å². The Kier molecular flexibility index (Phi) is 3.91. The molecule has 0 atom stereocenters. The second kappa shape index (κ2) is 6.15. The molecule has 1 aromatic heterocycles. The first kappa shape index (κ1) is 17.1. The van der Waals surface area contributed by atoms with Crippen LogP contribution in [-0.4, -0.2) is 21.5 Å². The Labute approximate surface area is 162 Å². The number of amides is 1. The Morgan fingerprint density at radius 2 is 2.00 bits per heavy atom. The number of anilines is 2. The minimum Gasteiger partial charge on any atom is -0.360 e. The van der Waals surface area contributed by atoms with Crippen LogP contribution in [-0.2, 0) is 4.79 Å². The number of carbonyl (C=O) groups is 1. The molecule has 0 N–H and O–H groups in total. The fraction of sp³-hybridized carbons (Fsp3) is 0.250. The number of aromatic nitrogens is 1. The van der Waals surface area contributed by atoms with Gasteiger partial charge in [-0.3, -0.25) is 9.69 Å². The van der Waals surface area contributed by atoms with Crippen LogP contribution in [0.2, 0.25) is 0 Å². The lowest BCUT2D eigenvalue weighted by molar-refractivity contribution is -0.123. The molecule has 1 aromatic carbocycles. The summed E-state index contributed by atoms with van der Waals surface area (Å²) >= 11 is 5.70. The van der Waals surface area contributed by atoms with Crippen molar-refractivity contribution in [3.63, 3.8) is 0 Å². The van der Waals surface area contributed by atoms with Gasteiger partial charge >= 0.3 is 0 Å². The number of nitrogens with zero attached hydrogens (tertiary/aromatic N) is 5. The van der Waals surface area contributed by atoms with Crippen molar-refractivity contribution in [2.24, 2.45) is 0 Å². The Hall–Kier alpha value is -3.29. The zero-order valence-corrected chi connectivity index (χ0v) is 15.5. The number of rotatable bonds is 2. The highest BCUT2D eigenvalue weighted by molar-refractivity contribution is 7.81. The Balaban J connectivity index is 1.79. The highest BCUT2D eigenvalue weighted by Crippen LogP contribution is 2.47. The van der Waals surface area contributed by atoms with Crippen LogP contribution in [0.1, 0.15) is 30.4 Å². The molecule has 6 nitrogen and oxygen atoms in total. The maximum absolute atomic E-state index is 13.3. The summed E-state index contributed by atoms with van der Waals surface area (Å²) in [6, 6.07) is 11.0. The van der Waals surface area contributed by atoms with Crippen LogP contribution >= 0.6 is 12.2 Å². The van der Waals surface area contributed by atoms with Crippen LogP contribution in [0.15, 0.2) is 36.5 Å². The van der Waals surface area contributed by atoms with E-state index >= 15 is 0 Å². The summed E-state index contributed by atoms with van der Waals surface area (Å²) in [5.41, 5.74) is 1.98. The number of nitriles is 1. The van der Waals surface area contributed by atoms with E-state index in [-0.39, 0.29) is 5.91 Å². The quantitative estimate of drug-likeness (QED) is 0.591. The molecule has 2 heterocycles. The molecule has 2 aromatic rings. The molecule has 1 aliphatic carbocycles. The highest BCUT2D eigenvalue weighted by Gasteiger charge is 2.59. The van der Waals surface area contributed by atoms with E-state index in [1.54, 1.807) is 25.1 Å². The van der Waals surface area contributed by atoms with Crippen LogP contribution < -0.4 is 9.80 Å². The largest absolute Gasteiger partial charge is 0.360 e. The fourth-order valence-electron chi connectivity index (χ4n) is 3.69. The summed E-state index contributed by atoms with van der Waals surface area (Å²) in [6.45, 7) is 8.94. The monoisotopic (exact) mass is 373 g/mol. The van der Waals surface area contributed by atoms with Crippen molar-refractivity contribution in [2.75, 3.05) is 9.80 Å². The summed E-state index contributed by atoms with van der Waals surface area (Å²) in [6.07, 6.45) is 3.95. The number of aryl methyl sites for hydroxylation is 1. The number of benzene rings is 1. The molecule has 4 rings (SSSR count). The molecule has 0 bridgehead atoms. The third kappa shape index (κ3) is 2.40. The molecule has 132 valence electrons. The van der Waals surface area contributed by atoms with Gasteiger partial charge < -0.3 is 9.74 Å². The fourth-order valence-corrected chi connectivity index (χ4v) is 4.15. The van der Waals surface area contributed by atoms with Crippen molar-refractivity contribution in [3.8, 4) is 6.07 Å². The third-order valence-corrected chi connectivity index (χ3v) is 5.61. The summed E-state index contributed by atoms with van der Waals surface area (Å²) < 4.78 is 0.